The standard InChI is InChI=1S/C10H16BF2N/c1-7(12)4-9(6-14)10(11-3)5-8(2)13/h4-5,8,11H,1,6,14H2,2-3H3/b9-4-,10-5+/t8-/m0/s1. The van der Waals surface area contributed by atoms with Crippen LogP contribution in [0, 0.1) is 0 Å². The van der Waals surface area contributed by atoms with Crippen LogP contribution >= 0.6 is 0 Å². The molecular weight excluding hydrogens is 183 g/mol. The molecule has 0 amide bonds. The van der Waals surface area contributed by atoms with Gasteiger partial charge in [0.1, 0.15) is 12.0 Å². The number of rotatable bonds is 5. The zero-order valence-corrected chi connectivity index (χ0v) is 8.69. The third-order valence-electron chi connectivity index (χ3n) is 1.77. The first-order chi connectivity index (χ1) is 6.51. The molecule has 0 saturated carbocycles. The van der Waals surface area contributed by atoms with E-state index >= 15 is 0 Å². The molecule has 0 aromatic heterocycles. The lowest BCUT2D eigenvalue weighted by atomic mass is 9.68. The van der Waals surface area contributed by atoms with E-state index < -0.39 is 12.0 Å². The van der Waals surface area contributed by atoms with E-state index in [-0.39, 0.29) is 6.54 Å². The summed E-state index contributed by atoms with van der Waals surface area (Å²) in [5.41, 5.74) is 6.77. The average Bonchev–Trinajstić information content (AvgIpc) is 2.10. The fourth-order valence-corrected chi connectivity index (χ4v) is 1.20. The van der Waals surface area contributed by atoms with Gasteiger partial charge in [0.2, 0.25) is 0 Å². The highest BCUT2D eigenvalue weighted by molar-refractivity contribution is 6.45. The second-order valence-corrected chi connectivity index (χ2v) is 3.04. The Labute approximate surface area is 84.6 Å². The molecule has 1 nitrogen and oxygen atoms in total. The summed E-state index contributed by atoms with van der Waals surface area (Å²) in [6, 6.07) is 0. The topological polar surface area (TPSA) is 26.0 Å². The van der Waals surface area contributed by atoms with Crippen molar-refractivity contribution < 1.29 is 8.78 Å². The molecule has 0 rings (SSSR count). The maximum Gasteiger partial charge on any atom is 0.154 e. The summed E-state index contributed by atoms with van der Waals surface area (Å²) in [7, 11) is 0.630. The molecule has 0 fully saturated rings. The van der Waals surface area contributed by atoms with Crippen LogP contribution in [0.4, 0.5) is 8.78 Å². The maximum absolute atomic E-state index is 12.7. The van der Waals surface area contributed by atoms with Crippen molar-refractivity contribution in [3.63, 3.8) is 0 Å². The van der Waals surface area contributed by atoms with Crippen molar-refractivity contribution in [1.82, 2.24) is 0 Å². The van der Waals surface area contributed by atoms with Crippen molar-refractivity contribution in [3.05, 3.63) is 35.6 Å². The molecule has 0 saturated heterocycles. The van der Waals surface area contributed by atoms with Gasteiger partial charge in [-0.15, -0.1) is 0 Å². The van der Waals surface area contributed by atoms with Crippen molar-refractivity contribution in [2.24, 2.45) is 5.73 Å². The number of allylic oxidation sites excluding steroid dienone is 3. The van der Waals surface area contributed by atoms with Gasteiger partial charge in [0, 0.05) is 6.54 Å². The molecule has 14 heavy (non-hydrogen) atoms. The zero-order chi connectivity index (χ0) is 11.1. The summed E-state index contributed by atoms with van der Waals surface area (Å²) in [4.78, 5) is 0. The van der Waals surface area contributed by atoms with Gasteiger partial charge in [-0.25, -0.2) is 8.78 Å². The van der Waals surface area contributed by atoms with E-state index in [2.05, 4.69) is 6.58 Å². The van der Waals surface area contributed by atoms with E-state index in [1.807, 2.05) is 6.82 Å². The molecular formula is C10H16BF2N. The lowest BCUT2D eigenvalue weighted by Crippen LogP contribution is -2.10. The minimum absolute atomic E-state index is 0.190. The Bertz CT molecular complexity index is 257. The van der Waals surface area contributed by atoms with Crippen molar-refractivity contribution in [1.29, 1.82) is 0 Å². The van der Waals surface area contributed by atoms with Crippen LogP contribution in [0.3, 0.4) is 0 Å². The highest BCUT2D eigenvalue weighted by Gasteiger charge is 2.05. The number of alkyl halides is 1. The van der Waals surface area contributed by atoms with Crippen molar-refractivity contribution >= 4 is 7.28 Å². The predicted octanol–water partition coefficient (Wildman–Crippen LogP) is 2.08. The first-order valence-electron chi connectivity index (χ1n) is 4.61. The van der Waals surface area contributed by atoms with Crippen LogP contribution in [0.15, 0.2) is 35.6 Å². The van der Waals surface area contributed by atoms with E-state index in [4.69, 9.17) is 5.73 Å². The largest absolute Gasteiger partial charge is 0.327 e. The predicted molar refractivity (Wildman–Crippen MR) is 59.1 cm³/mol. The Balaban J connectivity index is 4.88. The SMILES string of the molecule is C=C(F)/C=C(CN)\C(BC)=C/[C@H](C)F. The minimum Gasteiger partial charge on any atom is -0.327 e. The summed E-state index contributed by atoms with van der Waals surface area (Å²) in [6.07, 6.45) is 1.65. The molecule has 0 aliphatic heterocycles. The number of hydrogen-bond acceptors (Lipinski definition) is 1. The monoisotopic (exact) mass is 199 g/mol. The molecule has 2 N–H and O–H groups in total. The Kier molecular flexibility index (Phi) is 6.12. The summed E-state index contributed by atoms with van der Waals surface area (Å²) in [5, 5.41) is 0. The van der Waals surface area contributed by atoms with Crippen LogP contribution < -0.4 is 5.73 Å². The molecule has 0 aliphatic rings. The van der Waals surface area contributed by atoms with Gasteiger partial charge in [-0.1, -0.05) is 25.0 Å². The van der Waals surface area contributed by atoms with E-state index in [9.17, 15) is 8.78 Å². The molecule has 0 aromatic carbocycles. The second-order valence-electron chi connectivity index (χ2n) is 3.04. The molecule has 4 heteroatoms. The fraction of sp³-hybridized carbons (Fsp3) is 0.400. The van der Waals surface area contributed by atoms with Crippen LogP contribution in [-0.4, -0.2) is 20.0 Å². The third-order valence-corrected chi connectivity index (χ3v) is 1.77. The molecule has 0 spiro atoms. The fourth-order valence-electron chi connectivity index (χ4n) is 1.20. The number of nitrogens with two attached hydrogens (primary N) is 1. The number of halogens is 2. The summed E-state index contributed by atoms with van der Waals surface area (Å²) >= 11 is 0. The Morgan fingerprint density at radius 3 is 2.50 bits per heavy atom. The third kappa shape index (κ3) is 4.97. The molecule has 0 heterocycles. The Morgan fingerprint density at radius 2 is 2.21 bits per heavy atom. The molecule has 1 atom stereocenters. The number of hydrogen-bond donors (Lipinski definition) is 1. The molecule has 0 bridgehead atoms. The lowest BCUT2D eigenvalue weighted by molar-refractivity contribution is 0.430. The molecule has 0 radical (unpaired) electrons. The van der Waals surface area contributed by atoms with Crippen molar-refractivity contribution in [2.75, 3.05) is 6.54 Å². The van der Waals surface area contributed by atoms with Gasteiger partial charge in [-0.2, -0.15) is 0 Å². The van der Waals surface area contributed by atoms with Gasteiger partial charge in [0.05, 0.1) is 0 Å². The van der Waals surface area contributed by atoms with Gasteiger partial charge in [-0.3, -0.25) is 0 Å². The minimum atomic E-state index is -1.05. The van der Waals surface area contributed by atoms with E-state index in [0.717, 1.165) is 5.47 Å². The summed E-state index contributed by atoms with van der Waals surface area (Å²) in [6.45, 7) is 6.61. The van der Waals surface area contributed by atoms with E-state index in [1.54, 1.807) is 0 Å². The van der Waals surface area contributed by atoms with Crippen LogP contribution in [0.1, 0.15) is 6.92 Å². The molecule has 0 aliphatic carbocycles. The maximum atomic E-state index is 12.7. The van der Waals surface area contributed by atoms with Gasteiger partial charge >= 0.3 is 0 Å². The average molecular weight is 199 g/mol. The molecule has 0 aromatic rings. The molecule has 78 valence electrons. The van der Waals surface area contributed by atoms with E-state index in [0.29, 0.717) is 12.9 Å². The van der Waals surface area contributed by atoms with Crippen LogP contribution in [0.25, 0.3) is 0 Å². The van der Waals surface area contributed by atoms with Gasteiger partial charge in [-0.05, 0) is 18.6 Å². The highest BCUT2D eigenvalue weighted by Crippen LogP contribution is 2.12. The van der Waals surface area contributed by atoms with Crippen LogP contribution in [-0.2, 0) is 0 Å². The quantitative estimate of drug-likeness (QED) is 0.532. The van der Waals surface area contributed by atoms with Gasteiger partial charge in [0.15, 0.2) is 7.28 Å². The van der Waals surface area contributed by atoms with Gasteiger partial charge < -0.3 is 5.73 Å². The molecule has 0 unspecified atom stereocenters. The summed E-state index contributed by atoms with van der Waals surface area (Å²) < 4.78 is 25.2. The first kappa shape index (κ1) is 13.1. The smallest absolute Gasteiger partial charge is 0.154 e. The first-order valence-corrected chi connectivity index (χ1v) is 4.61. The van der Waals surface area contributed by atoms with Crippen molar-refractivity contribution in [2.45, 2.75) is 19.9 Å². The van der Waals surface area contributed by atoms with E-state index in [1.165, 1.54) is 19.1 Å². The Hall–Kier alpha value is -0.895. The lowest BCUT2D eigenvalue weighted by Gasteiger charge is -2.08. The normalized spacial score (nSPS) is 15.2. The van der Waals surface area contributed by atoms with Gasteiger partial charge in [0.25, 0.3) is 0 Å². The second kappa shape index (κ2) is 6.54. The highest BCUT2D eigenvalue weighted by atomic mass is 19.1. The van der Waals surface area contributed by atoms with Crippen LogP contribution in [0.2, 0.25) is 6.82 Å². The zero-order valence-electron chi connectivity index (χ0n) is 8.69. The Morgan fingerprint density at radius 1 is 1.64 bits per heavy atom. The van der Waals surface area contributed by atoms with Crippen LogP contribution in [0.5, 0.6) is 0 Å². The summed E-state index contributed by atoms with van der Waals surface area (Å²) in [5.74, 6) is -0.559. The van der Waals surface area contributed by atoms with Crippen molar-refractivity contribution in [3.8, 4) is 0 Å².